The highest BCUT2D eigenvalue weighted by Crippen LogP contribution is 2.36. The fourth-order valence-electron chi connectivity index (χ4n) is 3.49. The zero-order valence-electron chi connectivity index (χ0n) is 11.7. The first-order chi connectivity index (χ1) is 8.55. The van der Waals surface area contributed by atoms with Crippen molar-refractivity contribution in [1.29, 1.82) is 0 Å². The molecule has 1 heterocycles. The summed E-state index contributed by atoms with van der Waals surface area (Å²) in [5.41, 5.74) is -0.593. The van der Waals surface area contributed by atoms with Crippen molar-refractivity contribution in [3.8, 4) is 0 Å². The van der Waals surface area contributed by atoms with Gasteiger partial charge in [-0.05, 0) is 45.6 Å². The van der Waals surface area contributed by atoms with E-state index in [4.69, 9.17) is 0 Å². The minimum atomic E-state index is -0.504. The summed E-state index contributed by atoms with van der Waals surface area (Å²) >= 11 is 0. The Hall–Kier alpha value is -0.410. The molecular formula is C15H27NO2. The second-order valence-electron chi connectivity index (χ2n) is 6.67. The normalized spacial score (nSPS) is 33.9. The minimum absolute atomic E-state index is 0.0888. The number of aldehydes is 1. The van der Waals surface area contributed by atoms with E-state index < -0.39 is 5.60 Å². The van der Waals surface area contributed by atoms with Crippen LogP contribution in [0.15, 0.2) is 0 Å². The molecule has 2 fully saturated rings. The Bertz CT molecular complexity index is 282. The maximum atomic E-state index is 11.5. The van der Waals surface area contributed by atoms with Crippen LogP contribution in [0.3, 0.4) is 0 Å². The van der Waals surface area contributed by atoms with Crippen LogP contribution in [0.5, 0.6) is 0 Å². The first-order valence-electron chi connectivity index (χ1n) is 7.46. The van der Waals surface area contributed by atoms with E-state index in [9.17, 15) is 9.90 Å². The number of nitrogens with zero attached hydrogens (tertiary/aromatic N) is 1. The summed E-state index contributed by atoms with van der Waals surface area (Å²) in [6, 6.07) is 0. The van der Waals surface area contributed by atoms with Gasteiger partial charge in [0.15, 0.2) is 0 Å². The predicted molar refractivity (Wildman–Crippen MR) is 72.5 cm³/mol. The Kier molecular flexibility index (Phi) is 4.44. The van der Waals surface area contributed by atoms with Crippen molar-refractivity contribution in [2.75, 3.05) is 19.6 Å². The molecule has 0 radical (unpaired) electrons. The van der Waals surface area contributed by atoms with Gasteiger partial charge in [-0.2, -0.15) is 0 Å². The van der Waals surface area contributed by atoms with Gasteiger partial charge in [0.1, 0.15) is 6.29 Å². The molecule has 3 heteroatoms. The Morgan fingerprint density at radius 1 is 1.06 bits per heavy atom. The molecule has 104 valence electrons. The standard InChI is InChI=1S/C15H27NO2/c1-14(18)6-5-10-16(11-9-14)12-15(13-17)7-3-2-4-8-15/h13,18H,2-12H2,1H3. The molecule has 1 saturated carbocycles. The van der Waals surface area contributed by atoms with E-state index in [2.05, 4.69) is 4.90 Å². The smallest absolute Gasteiger partial charge is 0.127 e. The Labute approximate surface area is 111 Å². The lowest BCUT2D eigenvalue weighted by molar-refractivity contribution is -0.119. The average Bonchev–Trinajstić information content (AvgIpc) is 2.52. The summed E-state index contributed by atoms with van der Waals surface area (Å²) in [5.74, 6) is 0. The number of likely N-dealkylation sites (tertiary alicyclic amines) is 1. The monoisotopic (exact) mass is 253 g/mol. The molecule has 1 atom stereocenters. The molecule has 0 aromatic rings. The SMILES string of the molecule is CC1(O)CCCN(CC2(C=O)CCCCC2)CC1. The summed E-state index contributed by atoms with van der Waals surface area (Å²) in [5, 5.41) is 10.1. The second kappa shape index (κ2) is 5.70. The number of hydrogen-bond acceptors (Lipinski definition) is 3. The van der Waals surface area contributed by atoms with Crippen LogP contribution in [0.25, 0.3) is 0 Å². The highest BCUT2D eigenvalue weighted by atomic mass is 16.3. The number of carbonyl (C=O) groups excluding carboxylic acids is 1. The topological polar surface area (TPSA) is 40.5 Å². The van der Waals surface area contributed by atoms with Gasteiger partial charge in [0.05, 0.1) is 5.60 Å². The van der Waals surface area contributed by atoms with Crippen LogP contribution >= 0.6 is 0 Å². The Morgan fingerprint density at radius 2 is 1.78 bits per heavy atom. The van der Waals surface area contributed by atoms with E-state index in [0.29, 0.717) is 0 Å². The number of rotatable bonds is 3. The van der Waals surface area contributed by atoms with Crippen molar-refractivity contribution >= 4 is 6.29 Å². The van der Waals surface area contributed by atoms with Crippen molar-refractivity contribution in [3.63, 3.8) is 0 Å². The Morgan fingerprint density at radius 3 is 2.44 bits per heavy atom. The first-order valence-corrected chi connectivity index (χ1v) is 7.46. The van der Waals surface area contributed by atoms with E-state index in [0.717, 1.165) is 51.7 Å². The molecule has 2 aliphatic rings. The van der Waals surface area contributed by atoms with Crippen molar-refractivity contribution in [1.82, 2.24) is 4.90 Å². The molecule has 0 amide bonds. The molecule has 0 aromatic heterocycles. The maximum absolute atomic E-state index is 11.5. The number of carbonyl (C=O) groups is 1. The van der Waals surface area contributed by atoms with E-state index in [-0.39, 0.29) is 5.41 Å². The fraction of sp³-hybridized carbons (Fsp3) is 0.933. The second-order valence-corrected chi connectivity index (χ2v) is 6.67. The van der Waals surface area contributed by atoms with Gasteiger partial charge in [0.25, 0.3) is 0 Å². The third-order valence-corrected chi connectivity index (χ3v) is 4.79. The molecule has 18 heavy (non-hydrogen) atoms. The predicted octanol–water partition coefficient (Wildman–Crippen LogP) is 2.37. The lowest BCUT2D eigenvalue weighted by atomic mass is 9.75. The van der Waals surface area contributed by atoms with Crippen LogP contribution < -0.4 is 0 Å². The minimum Gasteiger partial charge on any atom is -0.390 e. The summed E-state index contributed by atoms with van der Waals surface area (Å²) in [6.45, 7) is 4.81. The van der Waals surface area contributed by atoms with Crippen molar-refractivity contribution in [2.45, 2.75) is 63.9 Å². The van der Waals surface area contributed by atoms with Crippen LogP contribution in [0.2, 0.25) is 0 Å². The number of hydrogen-bond donors (Lipinski definition) is 1. The van der Waals surface area contributed by atoms with Gasteiger partial charge < -0.3 is 14.8 Å². The molecule has 1 aliphatic heterocycles. The van der Waals surface area contributed by atoms with Gasteiger partial charge in [-0.15, -0.1) is 0 Å². The van der Waals surface area contributed by atoms with E-state index in [1.807, 2.05) is 6.92 Å². The molecule has 0 spiro atoms. The highest BCUT2D eigenvalue weighted by molar-refractivity contribution is 5.60. The van der Waals surface area contributed by atoms with Gasteiger partial charge in [-0.3, -0.25) is 0 Å². The first kappa shape index (κ1) is 14.0. The number of aliphatic hydroxyl groups is 1. The summed E-state index contributed by atoms with van der Waals surface area (Å²) in [4.78, 5) is 13.9. The third kappa shape index (κ3) is 3.55. The molecule has 1 unspecified atom stereocenters. The van der Waals surface area contributed by atoms with Crippen LogP contribution in [0.1, 0.15) is 58.3 Å². The van der Waals surface area contributed by atoms with Crippen LogP contribution in [-0.4, -0.2) is 41.5 Å². The van der Waals surface area contributed by atoms with Gasteiger partial charge in [-0.25, -0.2) is 0 Å². The van der Waals surface area contributed by atoms with Crippen LogP contribution in [0.4, 0.5) is 0 Å². The summed E-state index contributed by atoms with van der Waals surface area (Å²) in [6.07, 6.45) is 9.78. The zero-order valence-corrected chi connectivity index (χ0v) is 11.7. The summed E-state index contributed by atoms with van der Waals surface area (Å²) < 4.78 is 0. The van der Waals surface area contributed by atoms with Gasteiger partial charge in [-0.1, -0.05) is 19.3 Å². The fourth-order valence-corrected chi connectivity index (χ4v) is 3.49. The van der Waals surface area contributed by atoms with Crippen LogP contribution in [0, 0.1) is 5.41 Å². The molecule has 1 saturated heterocycles. The lowest BCUT2D eigenvalue weighted by Gasteiger charge is -2.36. The average molecular weight is 253 g/mol. The van der Waals surface area contributed by atoms with Gasteiger partial charge in [0.2, 0.25) is 0 Å². The molecule has 1 N–H and O–H groups in total. The summed E-state index contributed by atoms with van der Waals surface area (Å²) in [7, 11) is 0. The lowest BCUT2D eigenvalue weighted by Crippen LogP contribution is -2.41. The highest BCUT2D eigenvalue weighted by Gasteiger charge is 2.35. The maximum Gasteiger partial charge on any atom is 0.127 e. The molecule has 0 bridgehead atoms. The largest absolute Gasteiger partial charge is 0.390 e. The zero-order chi connectivity index (χ0) is 13.1. The van der Waals surface area contributed by atoms with Crippen molar-refractivity contribution in [2.24, 2.45) is 5.41 Å². The van der Waals surface area contributed by atoms with Gasteiger partial charge >= 0.3 is 0 Å². The van der Waals surface area contributed by atoms with Crippen molar-refractivity contribution in [3.05, 3.63) is 0 Å². The molecule has 3 nitrogen and oxygen atoms in total. The van der Waals surface area contributed by atoms with E-state index in [1.165, 1.54) is 25.5 Å². The quantitative estimate of drug-likeness (QED) is 0.785. The van der Waals surface area contributed by atoms with Crippen molar-refractivity contribution < 1.29 is 9.90 Å². The third-order valence-electron chi connectivity index (χ3n) is 4.79. The van der Waals surface area contributed by atoms with E-state index in [1.54, 1.807) is 0 Å². The molecule has 0 aromatic carbocycles. The van der Waals surface area contributed by atoms with Gasteiger partial charge in [0, 0.05) is 18.5 Å². The molecular weight excluding hydrogens is 226 g/mol. The van der Waals surface area contributed by atoms with E-state index >= 15 is 0 Å². The molecule has 1 aliphatic carbocycles. The van der Waals surface area contributed by atoms with Crippen LogP contribution in [-0.2, 0) is 4.79 Å². The Balaban J connectivity index is 1.93. The molecule has 2 rings (SSSR count).